The molecule has 33 heavy (non-hydrogen) atoms. The van der Waals surface area contributed by atoms with Crippen molar-refractivity contribution in [1.29, 1.82) is 0 Å². The van der Waals surface area contributed by atoms with Crippen molar-refractivity contribution < 1.29 is 14.4 Å². The molecule has 1 aliphatic carbocycles. The van der Waals surface area contributed by atoms with Crippen molar-refractivity contribution in [2.24, 2.45) is 11.8 Å². The monoisotopic (exact) mass is 453 g/mol. The van der Waals surface area contributed by atoms with E-state index in [1.807, 2.05) is 30.3 Å². The van der Waals surface area contributed by atoms with Gasteiger partial charge in [0.15, 0.2) is 0 Å². The van der Waals surface area contributed by atoms with E-state index in [0.717, 1.165) is 50.5 Å². The Morgan fingerprint density at radius 2 is 1.79 bits per heavy atom. The molecule has 3 rings (SSSR count). The molecule has 3 amide bonds. The molecular formula is C27H39N3O3. The first-order valence-electron chi connectivity index (χ1n) is 12.5. The second-order valence-corrected chi connectivity index (χ2v) is 9.64. The first-order chi connectivity index (χ1) is 15.9. The lowest BCUT2D eigenvalue weighted by molar-refractivity contribution is -0.148. The van der Waals surface area contributed by atoms with Gasteiger partial charge in [-0.15, -0.1) is 0 Å². The van der Waals surface area contributed by atoms with Crippen LogP contribution in [0.1, 0.15) is 77.7 Å². The van der Waals surface area contributed by atoms with Crippen LogP contribution in [0.25, 0.3) is 0 Å². The van der Waals surface area contributed by atoms with Gasteiger partial charge in [0.05, 0.1) is 6.54 Å². The quantitative estimate of drug-likeness (QED) is 0.594. The Kier molecular flexibility index (Phi) is 9.10. The van der Waals surface area contributed by atoms with Crippen LogP contribution < -0.4 is 5.32 Å². The molecule has 0 bridgehead atoms. The molecule has 0 unspecified atom stereocenters. The Morgan fingerprint density at radius 3 is 2.42 bits per heavy atom. The number of nitrogens with zero attached hydrogens (tertiary/aromatic N) is 2. The predicted molar refractivity (Wildman–Crippen MR) is 130 cm³/mol. The minimum atomic E-state index is -0.582. The maximum absolute atomic E-state index is 13.8. The van der Waals surface area contributed by atoms with Gasteiger partial charge in [0, 0.05) is 19.3 Å². The summed E-state index contributed by atoms with van der Waals surface area (Å²) in [5.41, 5.74) is 1.05. The van der Waals surface area contributed by atoms with Crippen molar-refractivity contribution in [3.05, 3.63) is 48.3 Å². The molecule has 1 N–H and O–H groups in total. The van der Waals surface area contributed by atoms with E-state index in [9.17, 15) is 14.4 Å². The van der Waals surface area contributed by atoms with Gasteiger partial charge in [0.1, 0.15) is 12.1 Å². The Balaban J connectivity index is 1.88. The van der Waals surface area contributed by atoms with E-state index in [4.69, 9.17) is 0 Å². The SMILES string of the molecule is CCCC[C@H](C)[C@@H]1C(=O)N(Cc2ccccc2)C=CN1C(=O)[C@H](NC(C)=O)C1CCCCC1. The number of benzene rings is 1. The third-order valence-electron chi connectivity index (χ3n) is 6.99. The Hall–Kier alpha value is -2.63. The second-order valence-electron chi connectivity index (χ2n) is 9.64. The maximum atomic E-state index is 13.8. The minimum Gasteiger partial charge on any atom is -0.344 e. The van der Waals surface area contributed by atoms with Crippen molar-refractivity contribution in [2.45, 2.75) is 90.8 Å². The molecule has 0 spiro atoms. The zero-order valence-corrected chi connectivity index (χ0v) is 20.3. The summed E-state index contributed by atoms with van der Waals surface area (Å²) in [6.45, 7) is 6.14. The first kappa shape index (κ1) is 25.0. The van der Waals surface area contributed by atoms with Crippen LogP contribution in [0, 0.1) is 11.8 Å². The predicted octanol–water partition coefficient (Wildman–Crippen LogP) is 4.61. The van der Waals surface area contributed by atoms with Crippen LogP contribution in [-0.4, -0.2) is 39.6 Å². The van der Waals surface area contributed by atoms with Gasteiger partial charge in [-0.25, -0.2) is 0 Å². The molecular weight excluding hydrogens is 414 g/mol. The van der Waals surface area contributed by atoms with Gasteiger partial charge in [-0.1, -0.05) is 76.3 Å². The Bertz CT molecular complexity index is 832. The van der Waals surface area contributed by atoms with E-state index in [1.54, 1.807) is 22.2 Å². The van der Waals surface area contributed by atoms with Crippen molar-refractivity contribution >= 4 is 17.7 Å². The van der Waals surface area contributed by atoms with Gasteiger partial charge in [-0.05, 0) is 36.7 Å². The van der Waals surface area contributed by atoms with Crippen LogP contribution in [0.15, 0.2) is 42.7 Å². The molecule has 1 aromatic carbocycles. The zero-order valence-electron chi connectivity index (χ0n) is 20.3. The molecule has 3 atom stereocenters. The number of carbonyl (C=O) groups is 3. The highest BCUT2D eigenvalue weighted by atomic mass is 16.2. The van der Waals surface area contributed by atoms with Crippen LogP contribution in [0.2, 0.25) is 0 Å². The number of hydrogen-bond donors (Lipinski definition) is 1. The molecule has 1 heterocycles. The summed E-state index contributed by atoms with van der Waals surface area (Å²) in [5.74, 6) is -0.271. The molecule has 0 saturated heterocycles. The summed E-state index contributed by atoms with van der Waals surface area (Å²) in [5, 5.41) is 2.93. The van der Waals surface area contributed by atoms with Crippen molar-refractivity contribution in [3.63, 3.8) is 0 Å². The van der Waals surface area contributed by atoms with Crippen molar-refractivity contribution in [2.75, 3.05) is 0 Å². The van der Waals surface area contributed by atoms with E-state index in [-0.39, 0.29) is 29.6 Å². The summed E-state index contributed by atoms with van der Waals surface area (Å²) in [6.07, 6.45) is 11.6. The topological polar surface area (TPSA) is 69.7 Å². The number of nitrogens with one attached hydrogen (secondary N) is 1. The van der Waals surface area contributed by atoms with Crippen LogP contribution in [0.5, 0.6) is 0 Å². The largest absolute Gasteiger partial charge is 0.344 e. The van der Waals surface area contributed by atoms with Crippen molar-refractivity contribution in [1.82, 2.24) is 15.1 Å². The number of hydrogen-bond acceptors (Lipinski definition) is 3. The van der Waals surface area contributed by atoms with Gasteiger partial charge < -0.3 is 15.1 Å². The first-order valence-corrected chi connectivity index (χ1v) is 12.5. The molecule has 1 saturated carbocycles. The van der Waals surface area contributed by atoms with Gasteiger partial charge in [-0.3, -0.25) is 14.4 Å². The molecule has 0 aromatic heterocycles. The van der Waals surface area contributed by atoms with E-state index < -0.39 is 12.1 Å². The Morgan fingerprint density at radius 1 is 1.09 bits per heavy atom. The summed E-state index contributed by atoms with van der Waals surface area (Å²) < 4.78 is 0. The molecule has 1 aromatic rings. The molecule has 1 aliphatic heterocycles. The summed E-state index contributed by atoms with van der Waals surface area (Å²) in [6, 6.07) is 8.76. The summed E-state index contributed by atoms with van der Waals surface area (Å²) >= 11 is 0. The molecule has 0 radical (unpaired) electrons. The summed E-state index contributed by atoms with van der Waals surface area (Å²) in [7, 11) is 0. The average molecular weight is 454 g/mol. The number of amides is 3. The van der Waals surface area contributed by atoms with Crippen molar-refractivity contribution in [3.8, 4) is 0 Å². The third kappa shape index (κ3) is 6.46. The Labute approximate surface area is 198 Å². The average Bonchev–Trinajstić information content (AvgIpc) is 2.82. The molecule has 6 nitrogen and oxygen atoms in total. The lowest BCUT2D eigenvalue weighted by atomic mass is 9.82. The van der Waals surface area contributed by atoms with E-state index in [1.165, 1.54) is 13.3 Å². The summed E-state index contributed by atoms with van der Waals surface area (Å²) in [4.78, 5) is 42.8. The highest BCUT2D eigenvalue weighted by Gasteiger charge is 2.42. The molecule has 180 valence electrons. The van der Waals surface area contributed by atoms with Crippen LogP contribution >= 0.6 is 0 Å². The lowest BCUT2D eigenvalue weighted by Gasteiger charge is -2.41. The molecule has 1 fully saturated rings. The van der Waals surface area contributed by atoms with Crippen LogP contribution in [-0.2, 0) is 20.9 Å². The van der Waals surface area contributed by atoms with E-state index >= 15 is 0 Å². The van der Waals surface area contributed by atoms with E-state index in [2.05, 4.69) is 19.2 Å². The van der Waals surface area contributed by atoms with Crippen LogP contribution in [0.4, 0.5) is 0 Å². The smallest absolute Gasteiger partial charge is 0.250 e. The highest BCUT2D eigenvalue weighted by molar-refractivity contribution is 5.94. The molecule has 2 aliphatic rings. The minimum absolute atomic E-state index is 0.0222. The van der Waals surface area contributed by atoms with Gasteiger partial charge >= 0.3 is 0 Å². The molecule has 6 heteroatoms. The number of rotatable bonds is 9. The fourth-order valence-corrected chi connectivity index (χ4v) is 5.16. The highest BCUT2D eigenvalue weighted by Crippen LogP contribution is 2.31. The van der Waals surface area contributed by atoms with Gasteiger partial charge in [0.2, 0.25) is 17.7 Å². The maximum Gasteiger partial charge on any atom is 0.250 e. The number of carbonyl (C=O) groups excluding carboxylic acids is 3. The second kappa shape index (κ2) is 12.0. The van der Waals surface area contributed by atoms with E-state index in [0.29, 0.717) is 6.54 Å². The zero-order chi connectivity index (χ0) is 23.8. The lowest BCUT2D eigenvalue weighted by Crippen LogP contribution is -2.59. The normalized spacial score (nSPS) is 21.1. The fourth-order valence-electron chi connectivity index (χ4n) is 5.16. The van der Waals surface area contributed by atoms with Gasteiger partial charge in [0.25, 0.3) is 0 Å². The standard InChI is InChI=1S/C27H39N3O3/c1-4-5-12-20(2)25-27(33)29(19-22-13-8-6-9-14-22)17-18-30(25)26(32)24(28-21(3)31)23-15-10-7-11-16-23/h6,8-9,13-14,17-18,20,23-25H,4-5,7,10-12,15-16,19H2,1-3H3,(H,28,31)/t20-,24+,25+/m0/s1. The fraction of sp³-hybridized carbons (Fsp3) is 0.593. The van der Waals surface area contributed by atoms with Gasteiger partial charge in [-0.2, -0.15) is 0 Å². The number of unbranched alkanes of at least 4 members (excludes halogenated alkanes) is 1. The third-order valence-corrected chi connectivity index (χ3v) is 6.99. The van der Waals surface area contributed by atoms with Crippen LogP contribution in [0.3, 0.4) is 0 Å².